The van der Waals surface area contributed by atoms with Gasteiger partial charge in [0.05, 0.1) is 0 Å². The quantitative estimate of drug-likeness (QED) is 0.748. The Morgan fingerprint density at radius 3 is 2.93 bits per heavy atom. The van der Waals surface area contributed by atoms with E-state index in [0.717, 1.165) is 18.8 Å². The SMILES string of the molecule is Cn1nccc1CCNC1(CCl)CC1. The van der Waals surface area contributed by atoms with Crippen molar-refractivity contribution in [2.45, 2.75) is 24.8 Å². The third-order valence-corrected chi connectivity index (χ3v) is 3.42. The molecule has 0 saturated heterocycles. The van der Waals surface area contributed by atoms with E-state index in [-0.39, 0.29) is 5.54 Å². The number of nitrogens with one attached hydrogen (secondary N) is 1. The highest BCUT2D eigenvalue weighted by Gasteiger charge is 2.40. The Hall–Kier alpha value is -0.540. The van der Waals surface area contributed by atoms with Gasteiger partial charge in [0.1, 0.15) is 0 Å². The maximum atomic E-state index is 5.87. The van der Waals surface area contributed by atoms with Crippen LogP contribution in [-0.4, -0.2) is 27.7 Å². The summed E-state index contributed by atoms with van der Waals surface area (Å²) >= 11 is 5.87. The molecule has 1 heterocycles. The van der Waals surface area contributed by atoms with Crippen molar-refractivity contribution in [2.75, 3.05) is 12.4 Å². The number of alkyl halides is 1. The lowest BCUT2D eigenvalue weighted by Crippen LogP contribution is -2.34. The minimum atomic E-state index is 0.264. The van der Waals surface area contributed by atoms with Gasteiger partial charge in [-0.1, -0.05) is 0 Å². The van der Waals surface area contributed by atoms with Gasteiger partial charge in [0.15, 0.2) is 0 Å². The topological polar surface area (TPSA) is 29.9 Å². The molecule has 0 radical (unpaired) electrons. The molecular formula is C10H16ClN3. The van der Waals surface area contributed by atoms with E-state index in [0.29, 0.717) is 0 Å². The summed E-state index contributed by atoms with van der Waals surface area (Å²) in [5, 5.41) is 7.64. The molecule has 0 amide bonds. The minimum absolute atomic E-state index is 0.264. The third kappa shape index (κ3) is 2.10. The Balaban J connectivity index is 1.76. The predicted molar refractivity (Wildman–Crippen MR) is 57.6 cm³/mol. The molecule has 1 aromatic heterocycles. The fourth-order valence-electron chi connectivity index (χ4n) is 1.61. The predicted octanol–water partition coefficient (Wildman–Crippen LogP) is 1.32. The standard InChI is InChI=1S/C10H16ClN3/c1-14-9(3-7-13-14)2-6-12-10(8-11)4-5-10/h3,7,12H,2,4-6,8H2,1H3. The third-order valence-electron chi connectivity index (χ3n) is 2.91. The summed E-state index contributed by atoms with van der Waals surface area (Å²) < 4.78 is 1.92. The fraction of sp³-hybridized carbons (Fsp3) is 0.700. The van der Waals surface area contributed by atoms with E-state index in [2.05, 4.69) is 16.5 Å². The van der Waals surface area contributed by atoms with Crippen molar-refractivity contribution in [1.82, 2.24) is 15.1 Å². The van der Waals surface area contributed by atoms with Gasteiger partial charge in [-0.2, -0.15) is 5.10 Å². The maximum Gasteiger partial charge on any atom is 0.0492 e. The van der Waals surface area contributed by atoms with Crippen LogP contribution in [0.1, 0.15) is 18.5 Å². The number of halogens is 1. The van der Waals surface area contributed by atoms with E-state index in [1.807, 2.05) is 17.9 Å². The number of aryl methyl sites for hydroxylation is 1. The number of aromatic nitrogens is 2. The molecule has 0 bridgehead atoms. The summed E-state index contributed by atoms with van der Waals surface area (Å²) in [6, 6.07) is 2.06. The molecule has 0 spiro atoms. The smallest absolute Gasteiger partial charge is 0.0492 e. The zero-order valence-corrected chi connectivity index (χ0v) is 9.22. The first-order valence-electron chi connectivity index (χ1n) is 5.04. The number of hydrogen-bond donors (Lipinski definition) is 1. The van der Waals surface area contributed by atoms with Gasteiger partial charge in [-0.25, -0.2) is 0 Å². The van der Waals surface area contributed by atoms with Gasteiger partial charge in [-0.15, -0.1) is 11.6 Å². The lowest BCUT2D eigenvalue weighted by atomic mass is 10.2. The van der Waals surface area contributed by atoms with Crippen molar-refractivity contribution >= 4 is 11.6 Å². The van der Waals surface area contributed by atoms with Crippen LogP contribution in [0.25, 0.3) is 0 Å². The Labute approximate surface area is 89.4 Å². The van der Waals surface area contributed by atoms with Crippen LogP contribution in [0.4, 0.5) is 0 Å². The number of nitrogens with zero attached hydrogens (tertiary/aromatic N) is 2. The molecule has 3 nitrogen and oxygen atoms in total. The molecule has 2 rings (SSSR count). The summed E-state index contributed by atoms with van der Waals surface area (Å²) in [4.78, 5) is 0. The molecule has 0 aliphatic heterocycles. The second kappa shape index (κ2) is 3.91. The van der Waals surface area contributed by atoms with Crippen molar-refractivity contribution in [1.29, 1.82) is 0 Å². The number of rotatable bonds is 5. The lowest BCUT2D eigenvalue weighted by molar-refractivity contribution is 0.537. The van der Waals surface area contributed by atoms with Gasteiger partial charge in [0.25, 0.3) is 0 Å². The molecule has 0 unspecified atom stereocenters. The molecule has 14 heavy (non-hydrogen) atoms. The highest BCUT2D eigenvalue weighted by atomic mass is 35.5. The zero-order valence-electron chi connectivity index (χ0n) is 8.46. The molecule has 1 aromatic rings. The van der Waals surface area contributed by atoms with Crippen LogP contribution in [0, 0.1) is 0 Å². The Morgan fingerprint density at radius 1 is 1.64 bits per heavy atom. The minimum Gasteiger partial charge on any atom is -0.310 e. The molecule has 1 aliphatic carbocycles. The van der Waals surface area contributed by atoms with E-state index in [9.17, 15) is 0 Å². The van der Waals surface area contributed by atoms with E-state index in [1.54, 1.807) is 0 Å². The van der Waals surface area contributed by atoms with Crippen LogP contribution in [0.15, 0.2) is 12.3 Å². The lowest BCUT2D eigenvalue weighted by Gasteiger charge is -2.13. The molecule has 1 saturated carbocycles. The second-order valence-corrected chi connectivity index (χ2v) is 4.30. The molecule has 4 heteroatoms. The van der Waals surface area contributed by atoms with Gasteiger partial charge in [-0.05, 0) is 18.9 Å². The van der Waals surface area contributed by atoms with Gasteiger partial charge in [0, 0.05) is 43.3 Å². The van der Waals surface area contributed by atoms with Crippen LogP contribution >= 0.6 is 11.6 Å². The molecule has 0 atom stereocenters. The normalized spacial score (nSPS) is 18.4. The molecule has 1 aliphatic rings. The highest BCUT2D eigenvalue weighted by molar-refractivity contribution is 6.18. The van der Waals surface area contributed by atoms with Crippen molar-refractivity contribution in [2.24, 2.45) is 7.05 Å². The largest absolute Gasteiger partial charge is 0.310 e. The van der Waals surface area contributed by atoms with E-state index in [1.165, 1.54) is 18.5 Å². The summed E-state index contributed by atoms with van der Waals surface area (Å²) in [6.45, 7) is 0.992. The Bertz CT molecular complexity index is 304. The molecular weight excluding hydrogens is 198 g/mol. The van der Waals surface area contributed by atoms with Crippen LogP contribution < -0.4 is 5.32 Å². The Morgan fingerprint density at radius 2 is 2.43 bits per heavy atom. The van der Waals surface area contributed by atoms with Crippen LogP contribution in [0.5, 0.6) is 0 Å². The molecule has 1 N–H and O–H groups in total. The summed E-state index contributed by atoms with van der Waals surface area (Å²) in [7, 11) is 1.98. The van der Waals surface area contributed by atoms with Crippen molar-refractivity contribution in [3.63, 3.8) is 0 Å². The second-order valence-electron chi connectivity index (χ2n) is 4.04. The van der Waals surface area contributed by atoms with Crippen LogP contribution in [0.2, 0.25) is 0 Å². The average Bonchev–Trinajstić information content (AvgIpc) is 2.86. The van der Waals surface area contributed by atoms with Crippen molar-refractivity contribution in [3.8, 4) is 0 Å². The van der Waals surface area contributed by atoms with E-state index >= 15 is 0 Å². The first-order chi connectivity index (χ1) is 6.76. The van der Waals surface area contributed by atoms with Gasteiger partial charge < -0.3 is 5.32 Å². The first-order valence-corrected chi connectivity index (χ1v) is 5.57. The fourth-order valence-corrected chi connectivity index (χ4v) is 1.97. The number of hydrogen-bond acceptors (Lipinski definition) is 2. The van der Waals surface area contributed by atoms with Gasteiger partial charge >= 0.3 is 0 Å². The maximum absolute atomic E-state index is 5.87. The summed E-state index contributed by atoms with van der Waals surface area (Å²) in [6.07, 6.45) is 5.31. The molecule has 1 fully saturated rings. The van der Waals surface area contributed by atoms with Gasteiger partial charge in [-0.3, -0.25) is 4.68 Å². The monoisotopic (exact) mass is 213 g/mol. The molecule has 78 valence electrons. The van der Waals surface area contributed by atoms with E-state index in [4.69, 9.17) is 11.6 Å². The van der Waals surface area contributed by atoms with Crippen molar-refractivity contribution < 1.29 is 0 Å². The zero-order chi connectivity index (χ0) is 10.0. The van der Waals surface area contributed by atoms with Crippen LogP contribution in [0.3, 0.4) is 0 Å². The average molecular weight is 214 g/mol. The summed E-state index contributed by atoms with van der Waals surface area (Å²) in [5.41, 5.74) is 1.53. The Kier molecular flexibility index (Phi) is 2.79. The molecule has 0 aromatic carbocycles. The highest BCUT2D eigenvalue weighted by Crippen LogP contribution is 2.36. The summed E-state index contributed by atoms with van der Waals surface area (Å²) in [5.74, 6) is 0.735. The first kappa shape index (κ1) is 9.99. The van der Waals surface area contributed by atoms with Gasteiger partial charge in [0.2, 0.25) is 0 Å². The van der Waals surface area contributed by atoms with Crippen molar-refractivity contribution in [3.05, 3.63) is 18.0 Å². The van der Waals surface area contributed by atoms with Crippen LogP contribution in [-0.2, 0) is 13.5 Å². The van der Waals surface area contributed by atoms with E-state index < -0.39 is 0 Å².